The maximum absolute atomic E-state index is 6.52. The molecule has 0 spiro atoms. The van der Waals surface area contributed by atoms with Gasteiger partial charge < -0.3 is 0 Å². The number of hydrogen-bond donors (Lipinski definition) is 0. The number of hydrogen-bond acceptors (Lipinski definition) is 1. The number of unbranched alkanes of at least 4 members (excludes halogenated alkanes) is 1. The summed E-state index contributed by atoms with van der Waals surface area (Å²) in [4.78, 5) is 4.97. The molecular weight excluding hydrogens is 374 g/mol. The number of halogens is 1. The molecule has 2 heteroatoms. The number of aromatic nitrogens is 1. The molecule has 144 valence electrons. The van der Waals surface area contributed by atoms with Crippen molar-refractivity contribution in [2.45, 2.75) is 26.2 Å². The minimum Gasteiger partial charge on any atom is -0.248 e. The molecule has 0 aliphatic carbocycles. The zero-order valence-corrected chi connectivity index (χ0v) is 17.4. The summed E-state index contributed by atoms with van der Waals surface area (Å²) in [5, 5.41) is 0.718. The first-order valence-corrected chi connectivity index (χ1v) is 10.5. The third kappa shape index (κ3) is 4.41. The lowest BCUT2D eigenvalue weighted by molar-refractivity contribution is 0.796. The molecule has 0 unspecified atom stereocenters. The van der Waals surface area contributed by atoms with Crippen molar-refractivity contribution in [1.29, 1.82) is 0 Å². The summed E-state index contributed by atoms with van der Waals surface area (Å²) < 4.78 is 0. The Morgan fingerprint density at radius 1 is 0.690 bits per heavy atom. The summed E-state index contributed by atoms with van der Waals surface area (Å²) in [6, 6.07) is 31.3. The van der Waals surface area contributed by atoms with Gasteiger partial charge in [-0.2, -0.15) is 0 Å². The Kier molecular flexibility index (Phi) is 6.07. The molecule has 3 aromatic carbocycles. The Bertz CT molecular complexity index is 1100. The van der Waals surface area contributed by atoms with Crippen LogP contribution < -0.4 is 0 Å². The van der Waals surface area contributed by atoms with Crippen LogP contribution in [0.15, 0.2) is 91.0 Å². The molecule has 0 saturated heterocycles. The topological polar surface area (TPSA) is 12.9 Å². The van der Waals surface area contributed by atoms with Crippen molar-refractivity contribution in [2.75, 3.05) is 0 Å². The molecule has 0 amide bonds. The standard InChI is InChI=1S/C27H24ClN/c1-2-3-11-20-12-7-8-15-23(20)22-18-26(21-13-5-4-6-14-21)29-27(19-22)24-16-9-10-17-25(24)28/h4-10,12-19H,2-3,11H2,1H3. The van der Waals surface area contributed by atoms with Crippen LogP contribution in [0.5, 0.6) is 0 Å². The van der Waals surface area contributed by atoms with Gasteiger partial charge in [-0.05, 0) is 47.7 Å². The van der Waals surface area contributed by atoms with Crippen molar-refractivity contribution in [3.63, 3.8) is 0 Å². The van der Waals surface area contributed by atoms with Crippen LogP contribution in [-0.4, -0.2) is 4.98 Å². The van der Waals surface area contributed by atoms with E-state index in [2.05, 4.69) is 55.5 Å². The molecule has 0 radical (unpaired) electrons. The van der Waals surface area contributed by atoms with E-state index < -0.39 is 0 Å². The predicted molar refractivity (Wildman–Crippen MR) is 124 cm³/mol. The fraction of sp³-hybridized carbons (Fsp3) is 0.148. The minimum absolute atomic E-state index is 0.718. The first-order valence-electron chi connectivity index (χ1n) is 10.2. The highest BCUT2D eigenvalue weighted by molar-refractivity contribution is 6.33. The molecule has 0 N–H and O–H groups in total. The first-order chi connectivity index (χ1) is 14.3. The fourth-order valence-electron chi connectivity index (χ4n) is 3.64. The molecule has 29 heavy (non-hydrogen) atoms. The quantitative estimate of drug-likeness (QED) is 0.320. The average molecular weight is 398 g/mol. The van der Waals surface area contributed by atoms with E-state index in [0.29, 0.717) is 0 Å². The normalized spacial score (nSPS) is 10.8. The van der Waals surface area contributed by atoms with Crippen LogP contribution in [0.4, 0.5) is 0 Å². The Hall–Kier alpha value is -2.90. The Balaban J connectivity index is 1.91. The maximum atomic E-state index is 6.52. The van der Waals surface area contributed by atoms with Gasteiger partial charge in [0.15, 0.2) is 0 Å². The van der Waals surface area contributed by atoms with Crippen molar-refractivity contribution >= 4 is 11.6 Å². The van der Waals surface area contributed by atoms with Gasteiger partial charge in [0.05, 0.1) is 11.4 Å². The van der Waals surface area contributed by atoms with E-state index >= 15 is 0 Å². The second-order valence-corrected chi connectivity index (χ2v) is 7.64. The molecule has 0 aliphatic heterocycles. The second kappa shape index (κ2) is 9.07. The van der Waals surface area contributed by atoms with Gasteiger partial charge >= 0.3 is 0 Å². The SMILES string of the molecule is CCCCc1ccccc1-c1cc(-c2ccccc2)nc(-c2ccccc2Cl)c1. The van der Waals surface area contributed by atoms with Crippen LogP contribution in [0.3, 0.4) is 0 Å². The van der Waals surface area contributed by atoms with Gasteiger partial charge in [-0.3, -0.25) is 0 Å². The van der Waals surface area contributed by atoms with Crippen molar-refractivity contribution in [2.24, 2.45) is 0 Å². The maximum Gasteiger partial charge on any atom is 0.0730 e. The molecule has 4 aromatic rings. The molecule has 1 aromatic heterocycles. The van der Waals surface area contributed by atoms with Crippen LogP contribution in [0.1, 0.15) is 25.3 Å². The number of rotatable bonds is 6. The van der Waals surface area contributed by atoms with Crippen LogP contribution >= 0.6 is 11.6 Å². The Morgan fingerprint density at radius 2 is 1.34 bits per heavy atom. The third-order valence-electron chi connectivity index (χ3n) is 5.17. The number of benzene rings is 3. The molecule has 0 atom stereocenters. The van der Waals surface area contributed by atoms with Gasteiger partial charge in [0.2, 0.25) is 0 Å². The highest BCUT2D eigenvalue weighted by Crippen LogP contribution is 2.34. The van der Waals surface area contributed by atoms with E-state index in [0.717, 1.165) is 34.0 Å². The van der Waals surface area contributed by atoms with Crippen LogP contribution in [-0.2, 0) is 6.42 Å². The summed E-state index contributed by atoms with van der Waals surface area (Å²) >= 11 is 6.52. The largest absolute Gasteiger partial charge is 0.248 e. The lowest BCUT2D eigenvalue weighted by atomic mass is 9.94. The summed E-state index contributed by atoms with van der Waals surface area (Å²) in [6.07, 6.45) is 3.45. The first kappa shape index (κ1) is 19.4. The molecule has 1 nitrogen and oxygen atoms in total. The minimum atomic E-state index is 0.718. The van der Waals surface area contributed by atoms with E-state index in [-0.39, 0.29) is 0 Å². The van der Waals surface area contributed by atoms with Gasteiger partial charge in [-0.25, -0.2) is 4.98 Å². The highest BCUT2D eigenvalue weighted by atomic mass is 35.5. The van der Waals surface area contributed by atoms with E-state index in [9.17, 15) is 0 Å². The summed E-state index contributed by atoms with van der Waals surface area (Å²) in [7, 11) is 0. The van der Waals surface area contributed by atoms with Crippen molar-refractivity contribution in [3.05, 3.63) is 102 Å². The van der Waals surface area contributed by atoms with E-state index in [1.165, 1.54) is 29.5 Å². The number of pyridine rings is 1. The molecule has 4 rings (SSSR count). The molecule has 0 saturated carbocycles. The molecule has 0 aliphatic rings. The second-order valence-electron chi connectivity index (χ2n) is 7.23. The third-order valence-corrected chi connectivity index (χ3v) is 5.50. The molecule has 1 heterocycles. The highest BCUT2D eigenvalue weighted by Gasteiger charge is 2.12. The molecule has 0 fully saturated rings. The average Bonchev–Trinajstić information content (AvgIpc) is 2.78. The van der Waals surface area contributed by atoms with Crippen LogP contribution in [0.2, 0.25) is 5.02 Å². The Labute approximate surface area is 178 Å². The zero-order valence-electron chi connectivity index (χ0n) is 16.6. The van der Waals surface area contributed by atoms with Crippen molar-refractivity contribution in [1.82, 2.24) is 4.98 Å². The predicted octanol–water partition coefficient (Wildman–Crippen LogP) is 8.08. The van der Waals surface area contributed by atoms with Crippen LogP contribution in [0.25, 0.3) is 33.6 Å². The van der Waals surface area contributed by atoms with Crippen molar-refractivity contribution in [3.8, 4) is 33.6 Å². The number of nitrogens with zero attached hydrogens (tertiary/aromatic N) is 1. The van der Waals surface area contributed by atoms with E-state index in [4.69, 9.17) is 16.6 Å². The number of aryl methyl sites for hydroxylation is 1. The van der Waals surface area contributed by atoms with Crippen molar-refractivity contribution < 1.29 is 0 Å². The lowest BCUT2D eigenvalue weighted by Gasteiger charge is -2.14. The van der Waals surface area contributed by atoms with E-state index in [1.807, 2.05) is 42.5 Å². The summed E-state index contributed by atoms with van der Waals surface area (Å²) in [5.41, 5.74) is 7.76. The van der Waals surface area contributed by atoms with Gasteiger partial charge in [0.25, 0.3) is 0 Å². The van der Waals surface area contributed by atoms with E-state index in [1.54, 1.807) is 0 Å². The van der Waals surface area contributed by atoms with Crippen LogP contribution in [0, 0.1) is 0 Å². The zero-order chi connectivity index (χ0) is 20.1. The molecule has 0 bridgehead atoms. The van der Waals surface area contributed by atoms with Gasteiger partial charge in [-0.15, -0.1) is 0 Å². The Morgan fingerprint density at radius 3 is 2.10 bits per heavy atom. The van der Waals surface area contributed by atoms with Gasteiger partial charge in [-0.1, -0.05) is 97.7 Å². The van der Waals surface area contributed by atoms with Gasteiger partial charge in [0, 0.05) is 16.1 Å². The smallest absolute Gasteiger partial charge is 0.0730 e. The molecular formula is C27H24ClN. The monoisotopic (exact) mass is 397 g/mol. The van der Waals surface area contributed by atoms with Gasteiger partial charge in [0.1, 0.15) is 0 Å². The summed E-state index contributed by atoms with van der Waals surface area (Å²) in [5.74, 6) is 0. The lowest BCUT2D eigenvalue weighted by Crippen LogP contribution is -1.94. The summed E-state index contributed by atoms with van der Waals surface area (Å²) in [6.45, 7) is 2.23. The fourth-order valence-corrected chi connectivity index (χ4v) is 3.87.